The van der Waals surface area contributed by atoms with Gasteiger partial charge in [-0.05, 0) is 60.0 Å². The summed E-state index contributed by atoms with van der Waals surface area (Å²) in [4.78, 5) is 27.9. The summed E-state index contributed by atoms with van der Waals surface area (Å²) in [6.45, 7) is 4.64. The molecule has 1 atom stereocenters. The molecule has 0 aromatic heterocycles. The predicted octanol–water partition coefficient (Wildman–Crippen LogP) is 5.06. The van der Waals surface area contributed by atoms with Crippen LogP contribution in [0.5, 0.6) is 17.2 Å². The Morgan fingerprint density at radius 1 is 0.971 bits per heavy atom. The summed E-state index contributed by atoms with van der Waals surface area (Å²) in [6.07, 6.45) is 0. The largest absolute Gasteiger partial charge is 0.508 e. The molecule has 0 radical (unpaired) electrons. The van der Waals surface area contributed by atoms with Crippen LogP contribution in [-0.2, 0) is 9.59 Å². The fraction of sp³-hybridized carbons (Fsp3) is 0.214. The first-order chi connectivity index (χ1) is 16.8. The van der Waals surface area contributed by atoms with Crippen LogP contribution < -0.4 is 14.4 Å². The second-order valence-electron chi connectivity index (χ2n) is 8.66. The second-order valence-corrected chi connectivity index (χ2v) is 8.66. The van der Waals surface area contributed by atoms with E-state index >= 15 is 0 Å². The lowest BCUT2D eigenvalue weighted by molar-refractivity contribution is -0.132. The molecule has 7 heteroatoms. The summed E-state index contributed by atoms with van der Waals surface area (Å²) in [5.74, 6) is -0.448. The number of para-hydroxylation sites is 2. The topological polar surface area (TPSA) is 96.3 Å². The molecule has 35 heavy (non-hydrogen) atoms. The molecular formula is C28H27NO6. The van der Waals surface area contributed by atoms with Crippen LogP contribution >= 0.6 is 0 Å². The molecule has 4 rings (SSSR count). The highest BCUT2D eigenvalue weighted by atomic mass is 16.5. The fourth-order valence-electron chi connectivity index (χ4n) is 4.01. The highest BCUT2D eigenvalue weighted by Crippen LogP contribution is 2.45. The van der Waals surface area contributed by atoms with E-state index < -0.39 is 17.7 Å². The lowest BCUT2D eigenvalue weighted by Gasteiger charge is -2.26. The van der Waals surface area contributed by atoms with Gasteiger partial charge in [0.05, 0.1) is 31.0 Å². The number of benzene rings is 3. The minimum Gasteiger partial charge on any atom is -0.508 e. The van der Waals surface area contributed by atoms with Gasteiger partial charge in [-0.3, -0.25) is 14.5 Å². The quantitative estimate of drug-likeness (QED) is 0.283. The number of carbonyl (C=O) groups excluding carboxylic acids is 2. The van der Waals surface area contributed by atoms with Crippen molar-refractivity contribution < 1.29 is 29.3 Å². The number of nitrogens with zero attached hydrogens (tertiary/aromatic N) is 1. The molecule has 180 valence electrons. The number of methoxy groups -OCH3 is 1. The molecule has 0 bridgehead atoms. The first-order valence-electron chi connectivity index (χ1n) is 11.3. The molecule has 1 fully saturated rings. The Kier molecular flexibility index (Phi) is 6.78. The van der Waals surface area contributed by atoms with Crippen molar-refractivity contribution in [2.24, 2.45) is 5.92 Å². The van der Waals surface area contributed by atoms with Gasteiger partial charge in [0.1, 0.15) is 23.0 Å². The van der Waals surface area contributed by atoms with Crippen LogP contribution in [0.15, 0.2) is 78.4 Å². The lowest BCUT2D eigenvalue weighted by Crippen LogP contribution is -2.29. The third-order valence-electron chi connectivity index (χ3n) is 5.71. The van der Waals surface area contributed by atoms with E-state index in [-0.39, 0.29) is 17.1 Å². The Balaban J connectivity index is 1.84. The molecule has 1 unspecified atom stereocenters. The van der Waals surface area contributed by atoms with Gasteiger partial charge < -0.3 is 19.7 Å². The number of aliphatic hydroxyl groups excluding tert-OH is 1. The van der Waals surface area contributed by atoms with Crippen molar-refractivity contribution in [3.63, 3.8) is 0 Å². The van der Waals surface area contributed by atoms with Crippen molar-refractivity contribution in [1.29, 1.82) is 0 Å². The zero-order chi connectivity index (χ0) is 25.1. The van der Waals surface area contributed by atoms with Gasteiger partial charge in [0.2, 0.25) is 0 Å². The number of hydrogen-bond donors (Lipinski definition) is 2. The molecule has 0 saturated carbocycles. The SMILES string of the molecule is COc1ccccc1N1C(=O)C(=O)/C(=C(/O)c2ccc(OCC(C)C)cc2)C1c1ccc(O)cc1. The van der Waals surface area contributed by atoms with Crippen LogP contribution in [0.3, 0.4) is 0 Å². The molecule has 1 saturated heterocycles. The predicted molar refractivity (Wildman–Crippen MR) is 133 cm³/mol. The summed E-state index contributed by atoms with van der Waals surface area (Å²) in [5.41, 5.74) is 1.27. The van der Waals surface area contributed by atoms with Crippen LogP contribution in [-0.4, -0.2) is 35.6 Å². The number of phenols is 1. The number of hydrogen-bond acceptors (Lipinski definition) is 6. The highest BCUT2D eigenvalue weighted by Gasteiger charge is 2.47. The number of aliphatic hydroxyl groups is 1. The Hall–Kier alpha value is -4.26. The Morgan fingerprint density at radius 3 is 2.26 bits per heavy atom. The van der Waals surface area contributed by atoms with E-state index in [2.05, 4.69) is 0 Å². The third-order valence-corrected chi connectivity index (χ3v) is 5.71. The summed E-state index contributed by atoms with van der Waals surface area (Å²) in [7, 11) is 1.48. The molecule has 1 heterocycles. The van der Waals surface area contributed by atoms with E-state index in [4.69, 9.17) is 9.47 Å². The molecular weight excluding hydrogens is 446 g/mol. The second kappa shape index (κ2) is 9.93. The molecule has 0 aliphatic carbocycles. The van der Waals surface area contributed by atoms with Crippen molar-refractivity contribution in [3.05, 3.63) is 89.5 Å². The van der Waals surface area contributed by atoms with Gasteiger partial charge in [0.15, 0.2) is 0 Å². The van der Waals surface area contributed by atoms with E-state index in [1.807, 2.05) is 13.8 Å². The van der Waals surface area contributed by atoms with E-state index in [9.17, 15) is 19.8 Å². The maximum atomic E-state index is 13.3. The zero-order valence-corrected chi connectivity index (χ0v) is 19.8. The van der Waals surface area contributed by atoms with Crippen molar-refractivity contribution >= 4 is 23.1 Å². The van der Waals surface area contributed by atoms with Crippen molar-refractivity contribution in [2.75, 3.05) is 18.6 Å². The Bertz CT molecular complexity index is 1260. The highest BCUT2D eigenvalue weighted by molar-refractivity contribution is 6.51. The summed E-state index contributed by atoms with van der Waals surface area (Å²) < 4.78 is 11.1. The summed E-state index contributed by atoms with van der Waals surface area (Å²) in [5, 5.41) is 21.0. The molecule has 1 amide bonds. The van der Waals surface area contributed by atoms with E-state index in [1.54, 1.807) is 60.7 Å². The van der Waals surface area contributed by atoms with Crippen molar-refractivity contribution in [1.82, 2.24) is 0 Å². The van der Waals surface area contributed by atoms with Gasteiger partial charge in [-0.1, -0.05) is 38.1 Å². The minimum absolute atomic E-state index is 0.0416. The normalized spacial score (nSPS) is 17.1. The number of anilines is 1. The molecule has 3 aromatic rings. The smallest absolute Gasteiger partial charge is 0.300 e. The number of phenolic OH excluding ortho intramolecular Hbond substituents is 1. The number of ether oxygens (including phenoxy) is 2. The number of carbonyl (C=O) groups is 2. The van der Waals surface area contributed by atoms with Crippen LogP contribution in [0.2, 0.25) is 0 Å². The van der Waals surface area contributed by atoms with Gasteiger partial charge in [-0.2, -0.15) is 0 Å². The van der Waals surface area contributed by atoms with Crippen LogP contribution in [0.1, 0.15) is 31.0 Å². The van der Waals surface area contributed by atoms with E-state index in [0.717, 1.165) is 0 Å². The number of amides is 1. The van der Waals surface area contributed by atoms with Gasteiger partial charge >= 0.3 is 0 Å². The monoisotopic (exact) mass is 473 g/mol. The summed E-state index contributed by atoms with van der Waals surface area (Å²) in [6, 6.07) is 18.8. The van der Waals surface area contributed by atoms with E-state index in [1.165, 1.54) is 24.1 Å². The average molecular weight is 474 g/mol. The van der Waals surface area contributed by atoms with Gasteiger partial charge in [-0.15, -0.1) is 0 Å². The first-order valence-corrected chi connectivity index (χ1v) is 11.3. The third kappa shape index (κ3) is 4.71. The minimum atomic E-state index is -0.927. The van der Waals surface area contributed by atoms with Gasteiger partial charge in [-0.25, -0.2) is 0 Å². The van der Waals surface area contributed by atoms with Crippen LogP contribution in [0.4, 0.5) is 5.69 Å². The first kappa shape index (κ1) is 23.9. The lowest BCUT2D eigenvalue weighted by atomic mass is 9.95. The van der Waals surface area contributed by atoms with Crippen molar-refractivity contribution in [3.8, 4) is 17.2 Å². The molecule has 7 nitrogen and oxygen atoms in total. The fourth-order valence-corrected chi connectivity index (χ4v) is 4.01. The average Bonchev–Trinajstić information content (AvgIpc) is 3.13. The maximum absolute atomic E-state index is 13.3. The van der Waals surface area contributed by atoms with Crippen molar-refractivity contribution in [2.45, 2.75) is 19.9 Å². The Labute approximate surface area is 203 Å². The van der Waals surface area contributed by atoms with Crippen LogP contribution in [0, 0.1) is 5.92 Å². The number of rotatable bonds is 7. The van der Waals surface area contributed by atoms with E-state index in [0.29, 0.717) is 40.8 Å². The number of Topliss-reactive ketones (excluding diaryl/α,β-unsaturated/α-hetero) is 1. The summed E-state index contributed by atoms with van der Waals surface area (Å²) >= 11 is 0. The molecule has 1 aliphatic heterocycles. The number of aromatic hydroxyl groups is 1. The maximum Gasteiger partial charge on any atom is 0.300 e. The molecule has 2 N–H and O–H groups in total. The van der Waals surface area contributed by atoms with Gasteiger partial charge in [0, 0.05) is 5.56 Å². The molecule has 3 aromatic carbocycles. The Morgan fingerprint density at radius 2 is 1.63 bits per heavy atom. The molecule has 0 spiro atoms. The zero-order valence-electron chi connectivity index (χ0n) is 19.8. The number of ketones is 1. The van der Waals surface area contributed by atoms with Gasteiger partial charge in [0.25, 0.3) is 11.7 Å². The molecule has 1 aliphatic rings. The van der Waals surface area contributed by atoms with Crippen LogP contribution in [0.25, 0.3) is 5.76 Å². The standard InChI is InChI=1S/C28H27NO6/c1-17(2)16-35-21-14-10-19(11-15-21)26(31)24-25(18-8-12-20(30)13-9-18)29(28(33)27(24)32)22-6-4-5-7-23(22)34-3/h4-15,17,25,30-31H,16H2,1-3H3/b26-24+.